The zero-order chi connectivity index (χ0) is 26.6. The number of aryl methyl sites for hydroxylation is 12. The molecule has 0 N–H and O–H groups in total. The topological polar surface area (TPSA) is 0 Å². The second kappa shape index (κ2) is 6.83. The molecule has 0 radical (unpaired) electrons. The third kappa shape index (κ3) is 2.03. The molecular formula is C42H36. The maximum absolute atomic E-state index is 1.81. The number of fused-ring (bicyclic) bond motifs is 6. The van der Waals surface area contributed by atoms with Crippen molar-refractivity contribution in [3.63, 3.8) is 0 Å². The molecule has 0 bridgehead atoms. The van der Waals surface area contributed by atoms with E-state index in [1.165, 1.54) is 116 Å². The van der Waals surface area contributed by atoms with Crippen LogP contribution in [-0.4, -0.2) is 0 Å². The van der Waals surface area contributed by atoms with Crippen LogP contribution in [0.2, 0.25) is 0 Å². The van der Waals surface area contributed by atoms with Crippen LogP contribution in [0.4, 0.5) is 0 Å². The van der Waals surface area contributed by atoms with Gasteiger partial charge in [0, 0.05) is 0 Å². The summed E-state index contributed by atoms with van der Waals surface area (Å²) in [5, 5.41) is 21.3. The zero-order valence-corrected chi connectivity index (χ0v) is 24.7. The summed E-state index contributed by atoms with van der Waals surface area (Å²) in [7, 11) is 0. The van der Waals surface area contributed by atoms with Gasteiger partial charge in [0.05, 0.1) is 0 Å². The molecule has 0 amide bonds. The first kappa shape index (κ1) is 21.6. The van der Waals surface area contributed by atoms with Crippen LogP contribution in [0.3, 0.4) is 0 Å². The van der Waals surface area contributed by atoms with Crippen LogP contribution in [0.15, 0.2) is 0 Å². The predicted octanol–water partition coefficient (Wildman–Crippen LogP) is 9.85. The van der Waals surface area contributed by atoms with Crippen LogP contribution in [-0.2, 0) is 77.0 Å². The number of benzene rings is 7. The Kier molecular flexibility index (Phi) is 3.50. The molecule has 6 aliphatic carbocycles. The second-order valence-electron chi connectivity index (χ2n) is 15.4. The Morgan fingerprint density at radius 2 is 0.262 bits per heavy atom. The summed E-state index contributed by atoms with van der Waals surface area (Å²) < 4.78 is 0. The lowest BCUT2D eigenvalue weighted by molar-refractivity contribution is 0.725. The van der Waals surface area contributed by atoms with Gasteiger partial charge >= 0.3 is 0 Å². The molecule has 0 heteroatoms. The van der Waals surface area contributed by atoms with Crippen LogP contribution in [0, 0.1) is 0 Å². The van der Waals surface area contributed by atoms with Crippen molar-refractivity contribution < 1.29 is 0 Å². The van der Waals surface area contributed by atoms with Gasteiger partial charge in [0.1, 0.15) is 0 Å². The molecule has 0 atom stereocenters. The van der Waals surface area contributed by atoms with Gasteiger partial charge < -0.3 is 0 Å². The highest BCUT2D eigenvalue weighted by atomic mass is 14.4. The third-order valence-electron chi connectivity index (χ3n) is 13.9. The quantitative estimate of drug-likeness (QED) is 0.133. The van der Waals surface area contributed by atoms with E-state index in [4.69, 9.17) is 0 Å². The number of rotatable bonds is 0. The Morgan fingerprint density at radius 3 is 0.381 bits per heavy atom. The van der Waals surface area contributed by atoms with Crippen LogP contribution in [0.25, 0.3) is 64.6 Å². The maximum Gasteiger partial charge on any atom is -0.000770 e. The van der Waals surface area contributed by atoms with Crippen molar-refractivity contribution in [1.29, 1.82) is 0 Å². The molecular weight excluding hydrogens is 504 g/mol. The van der Waals surface area contributed by atoms with E-state index in [-0.39, 0.29) is 0 Å². The van der Waals surface area contributed by atoms with Crippen molar-refractivity contribution in [2.75, 3.05) is 0 Å². The normalized spacial score (nSPS) is 20.6. The van der Waals surface area contributed by atoms with E-state index >= 15 is 0 Å². The lowest BCUT2D eigenvalue weighted by atomic mass is 9.64. The molecule has 204 valence electrons. The van der Waals surface area contributed by atoms with E-state index in [0.29, 0.717) is 0 Å². The molecule has 7 aromatic rings. The predicted molar refractivity (Wildman–Crippen MR) is 177 cm³/mol. The van der Waals surface area contributed by atoms with Crippen LogP contribution >= 0.6 is 0 Å². The SMILES string of the molecule is C1Cc2c3c4c(c5c6c(c7c8c(c9c%10c(c%11c%12c(c(c2c2c4c6c8c%10c%122)C1)CCC%11)CCC9)CCC7)CCC5)CCC3. The van der Waals surface area contributed by atoms with E-state index in [9.17, 15) is 0 Å². The fraction of sp³-hybridized carbons (Fsp3) is 0.429. The van der Waals surface area contributed by atoms with E-state index < -0.39 is 0 Å². The molecule has 7 aromatic carbocycles. The molecule has 42 heavy (non-hydrogen) atoms. The summed E-state index contributed by atoms with van der Waals surface area (Å²) in [6, 6.07) is 0. The summed E-state index contributed by atoms with van der Waals surface area (Å²) in [6.45, 7) is 0. The Labute approximate surface area is 246 Å². The van der Waals surface area contributed by atoms with Crippen molar-refractivity contribution >= 4 is 64.6 Å². The molecule has 0 fully saturated rings. The molecule has 6 aliphatic rings. The highest BCUT2D eigenvalue weighted by Gasteiger charge is 2.39. The molecule has 0 spiro atoms. The molecule has 0 aromatic heterocycles. The lowest BCUT2D eigenvalue weighted by Gasteiger charge is -2.39. The second-order valence-corrected chi connectivity index (χ2v) is 15.4. The van der Waals surface area contributed by atoms with Gasteiger partial charge in [0.25, 0.3) is 0 Å². The smallest absolute Gasteiger partial charge is 0.000770 e. The first-order valence-corrected chi connectivity index (χ1v) is 17.7. The van der Waals surface area contributed by atoms with Crippen LogP contribution in [0.5, 0.6) is 0 Å². The number of hydrogen-bond donors (Lipinski definition) is 0. The first-order valence-electron chi connectivity index (χ1n) is 17.7. The van der Waals surface area contributed by atoms with Gasteiger partial charge in [-0.2, -0.15) is 0 Å². The van der Waals surface area contributed by atoms with Gasteiger partial charge in [-0.3, -0.25) is 0 Å². The highest BCUT2D eigenvalue weighted by Crippen LogP contribution is 2.61. The minimum absolute atomic E-state index is 1.32. The lowest BCUT2D eigenvalue weighted by Crippen LogP contribution is -2.21. The fourth-order valence-electron chi connectivity index (χ4n) is 12.9. The summed E-state index contributed by atoms with van der Waals surface area (Å²) in [5.74, 6) is 0. The summed E-state index contributed by atoms with van der Waals surface area (Å²) >= 11 is 0. The first-order chi connectivity index (χ1) is 20.9. The molecule has 0 aliphatic heterocycles. The van der Waals surface area contributed by atoms with Gasteiger partial charge in [-0.05, 0) is 247 Å². The van der Waals surface area contributed by atoms with Gasteiger partial charge in [-0.25, -0.2) is 0 Å². The number of hydrogen-bond acceptors (Lipinski definition) is 0. The third-order valence-corrected chi connectivity index (χ3v) is 13.9. The Morgan fingerprint density at radius 1 is 0.143 bits per heavy atom. The van der Waals surface area contributed by atoms with E-state index in [0.717, 1.165) is 0 Å². The van der Waals surface area contributed by atoms with Crippen LogP contribution in [0.1, 0.15) is 105 Å². The van der Waals surface area contributed by atoms with Crippen molar-refractivity contribution in [2.24, 2.45) is 0 Å². The summed E-state index contributed by atoms with van der Waals surface area (Å²) in [4.78, 5) is 0. The van der Waals surface area contributed by atoms with E-state index in [1.807, 2.05) is 66.8 Å². The van der Waals surface area contributed by atoms with Gasteiger partial charge in [-0.15, -0.1) is 0 Å². The minimum atomic E-state index is 1.32. The summed E-state index contributed by atoms with van der Waals surface area (Å²) in [5.41, 5.74) is 21.7. The van der Waals surface area contributed by atoms with Crippen molar-refractivity contribution in [2.45, 2.75) is 116 Å². The van der Waals surface area contributed by atoms with Crippen molar-refractivity contribution in [3.05, 3.63) is 66.8 Å². The Hall–Kier alpha value is -3.12. The molecule has 13 rings (SSSR count). The largest absolute Gasteiger partial charge is 0.0451 e. The Bertz CT molecular complexity index is 1860. The summed E-state index contributed by atoms with van der Waals surface area (Å²) in [6.07, 6.45) is 24.0. The average Bonchev–Trinajstić information content (AvgIpc) is 3.06. The van der Waals surface area contributed by atoms with Gasteiger partial charge in [-0.1, -0.05) is 0 Å². The molecule has 0 saturated carbocycles. The van der Waals surface area contributed by atoms with Gasteiger partial charge in [0.2, 0.25) is 0 Å². The van der Waals surface area contributed by atoms with E-state index in [2.05, 4.69) is 0 Å². The molecule has 0 heterocycles. The van der Waals surface area contributed by atoms with Gasteiger partial charge in [0.15, 0.2) is 0 Å². The minimum Gasteiger partial charge on any atom is -0.0451 e. The fourth-order valence-corrected chi connectivity index (χ4v) is 12.9. The molecule has 0 saturated heterocycles. The maximum atomic E-state index is 1.81. The average molecular weight is 541 g/mol. The zero-order valence-electron chi connectivity index (χ0n) is 24.7. The molecule has 0 nitrogen and oxygen atoms in total. The van der Waals surface area contributed by atoms with E-state index in [1.54, 1.807) is 64.6 Å². The van der Waals surface area contributed by atoms with Crippen LogP contribution < -0.4 is 0 Å². The molecule has 0 unspecified atom stereocenters. The monoisotopic (exact) mass is 540 g/mol. The highest BCUT2D eigenvalue weighted by molar-refractivity contribution is 6.48. The van der Waals surface area contributed by atoms with Crippen molar-refractivity contribution in [3.8, 4) is 0 Å². The van der Waals surface area contributed by atoms with Crippen molar-refractivity contribution in [1.82, 2.24) is 0 Å². The standard InChI is InChI=1S/C42H36/c1-7-19-21-9-2-11-23-25-13-4-15-27-29-17-6-18-30-28-16-5-14-26-24-12-3-10-22-20(8-1)31(19)37-38(32(21)23)40(34(25)27)42(36(29)30)41(35(26)28)39(37)33(22)24/h1-18H2. The Balaban J connectivity index is 1.50.